The molecule has 108 valence electrons. The van der Waals surface area contributed by atoms with Crippen LogP contribution in [0, 0.1) is 5.82 Å². The minimum absolute atomic E-state index is 0.104. The second-order valence-electron chi connectivity index (χ2n) is 5.09. The Morgan fingerprint density at radius 1 is 1.29 bits per heavy atom. The maximum atomic E-state index is 14.1. The van der Waals surface area contributed by atoms with Gasteiger partial charge in [-0.2, -0.15) is 0 Å². The molecule has 1 heterocycles. The van der Waals surface area contributed by atoms with Gasteiger partial charge < -0.3 is 4.90 Å². The number of carbonyl (C=O) groups excluding carboxylic acids is 1. The minimum atomic E-state index is -0.505. The fourth-order valence-corrected chi connectivity index (χ4v) is 2.61. The van der Waals surface area contributed by atoms with Crippen molar-refractivity contribution in [2.45, 2.75) is 25.4 Å². The van der Waals surface area contributed by atoms with Crippen LogP contribution in [0.2, 0.25) is 0 Å². The molecule has 0 bridgehead atoms. The normalized spacial score (nSPS) is 14.0. The van der Waals surface area contributed by atoms with Crippen molar-refractivity contribution in [2.24, 2.45) is 0 Å². The van der Waals surface area contributed by atoms with E-state index >= 15 is 0 Å². The summed E-state index contributed by atoms with van der Waals surface area (Å²) in [6.07, 6.45) is 3.63. The Morgan fingerprint density at radius 2 is 2.10 bits per heavy atom. The average molecular weight is 349 g/mol. The maximum absolute atomic E-state index is 14.1. The molecule has 0 aliphatic heterocycles. The van der Waals surface area contributed by atoms with Crippen LogP contribution < -0.4 is 0 Å². The van der Waals surface area contributed by atoms with Crippen molar-refractivity contribution >= 4 is 21.8 Å². The fourth-order valence-electron chi connectivity index (χ4n) is 2.24. The summed E-state index contributed by atoms with van der Waals surface area (Å²) in [6, 6.07) is 10.6. The number of amides is 1. The van der Waals surface area contributed by atoms with Crippen LogP contribution >= 0.6 is 15.9 Å². The Hall–Kier alpha value is -1.75. The van der Waals surface area contributed by atoms with Gasteiger partial charge in [0, 0.05) is 12.2 Å². The van der Waals surface area contributed by atoms with Gasteiger partial charge in [-0.1, -0.05) is 12.1 Å². The van der Waals surface area contributed by atoms with E-state index < -0.39 is 5.82 Å². The summed E-state index contributed by atoms with van der Waals surface area (Å²) in [5.41, 5.74) is 0.917. The molecular weight excluding hydrogens is 335 g/mol. The predicted molar refractivity (Wildman–Crippen MR) is 81.2 cm³/mol. The lowest BCUT2D eigenvalue weighted by Gasteiger charge is -2.22. The van der Waals surface area contributed by atoms with E-state index in [0.717, 1.165) is 18.5 Å². The lowest BCUT2D eigenvalue weighted by molar-refractivity contribution is 0.0723. The Morgan fingerprint density at radius 3 is 2.76 bits per heavy atom. The van der Waals surface area contributed by atoms with Gasteiger partial charge in [-0.15, -0.1) is 0 Å². The van der Waals surface area contributed by atoms with Gasteiger partial charge >= 0.3 is 0 Å². The Balaban J connectivity index is 1.87. The molecule has 21 heavy (non-hydrogen) atoms. The number of hydrogen-bond donors (Lipinski definition) is 0. The molecule has 3 nitrogen and oxygen atoms in total. The van der Waals surface area contributed by atoms with E-state index in [1.165, 1.54) is 6.07 Å². The third-order valence-corrected chi connectivity index (χ3v) is 4.10. The highest BCUT2D eigenvalue weighted by Gasteiger charge is 2.34. The first kappa shape index (κ1) is 14.2. The van der Waals surface area contributed by atoms with E-state index in [-0.39, 0.29) is 17.5 Å². The quantitative estimate of drug-likeness (QED) is 0.842. The Kier molecular flexibility index (Phi) is 4.01. The fraction of sp³-hybridized carbons (Fsp3) is 0.250. The van der Waals surface area contributed by atoms with E-state index in [4.69, 9.17) is 0 Å². The zero-order valence-corrected chi connectivity index (χ0v) is 12.9. The van der Waals surface area contributed by atoms with Gasteiger partial charge in [0.05, 0.1) is 22.3 Å². The molecule has 2 aromatic rings. The zero-order chi connectivity index (χ0) is 14.8. The number of benzene rings is 1. The van der Waals surface area contributed by atoms with E-state index in [0.29, 0.717) is 11.0 Å². The topological polar surface area (TPSA) is 33.2 Å². The molecule has 0 radical (unpaired) electrons. The summed E-state index contributed by atoms with van der Waals surface area (Å²) in [7, 11) is 0. The number of halogens is 2. The minimum Gasteiger partial charge on any atom is -0.330 e. The largest absolute Gasteiger partial charge is 0.330 e. The molecule has 0 atom stereocenters. The molecular formula is C16H14BrFN2O. The molecule has 1 amide bonds. The van der Waals surface area contributed by atoms with Crippen LogP contribution in [0.5, 0.6) is 0 Å². The van der Waals surface area contributed by atoms with Gasteiger partial charge in [0.1, 0.15) is 5.82 Å². The van der Waals surface area contributed by atoms with Gasteiger partial charge in [-0.25, -0.2) is 4.39 Å². The SMILES string of the molecule is O=C(c1cccc(Br)c1F)N(Cc1ccccn1)C1CC1. The molecule has 0 unspecified atom stereocenters. The van der Waals surface area contributed by atoms with Crippen molar-refractivity contribution in [2.75, 3.05) is 0 Å². The summed E-state index contributed by atoms with van der Waals surface area (Å²) < 4.78 is 14.4. The molecule has 1 aromatic heterocycles. The highest BCUT2D eigenvalue weighted by molar-refractivity contribution is 9.10. The van der Waals surface area contributed by atoms with Crippen molar-refractivity contribution in [1.82, 2.24) is 9.88 Å². The molecule has 1 saturated carbocycles. The summed E-state index contributed by atoms with van der Waals surface area (Å²) in [4.78, 5) is 18.6. The molecule has 1 aliphatic rings. The Bertz CT molecular complexity index is 659. The molecule has 1 aromatic carbocycles. The molecule has 0 saturated heterocycles. The van der Waals surface area contributed by atoms with Crippen LogP contribution in [0.4, 0.5) is 4.39 Å². The summed E-state index contributed by atoms with van der Waals surface area (Å²) in [5.74, 6) is -0.781. The second kappa shape index (κ2) is 5.93. The molecule has 1 fully saturated rings. The van der Waals surface area contributed by atoms with Crippen LogP contribution in [-0.4, -0.2) is 21.8 Å². The number of rotatable bonds is 4. The maximum Gasteiger partial charge on any atom is 0.257 e. The van der Waals surface area contributed by atoms with Gasteiger partial charge in [-0.3, -0.25) is 9.78 Å². The molecule has 5 heteroatoms. The van der Waals surface area contributed by atoms with Gasteiger partial charge in [0.15, 0.2) is 0 Å². The van der Waals surface area contributed by atoms with Crippen molar-refractivity contribution in [3.63, 3.8) is 0 Å². The lowest BCUT2D eigenvalue weighted by Crippen LogP contribution is -2.33. The van der Waals surface area contributed by atoms with Crippen molar-refractivity contribution in [3.05, 3.63) is 64.1 Å². The second-order valence-corrected chi connectivity index (χ2v) is 5.94. The van der Waals surface area contributed by atoms with Crippen molar-refractivity contribution < 1.29 is 9.18 Å². The number of hydrogen-bond acceptors (Lipinski definition) is 2. The average Bonchev–Trinajstić information content (AvgIpc) is 3.33. The van der Waals surface area contributed by atoms with Crippen LogP contribution in [0.25, 0.3) is 0 Å². The first-order valence-corrected chi connectivity index (χ1v) is 7.61. The highest BCUT2D eigenvalue weighted by Crippen LogP contribution is 2.30. The van der Waals surface area contributed by atoms with Crippen molar-refractivity contribution in [3.8, 4) is 0 Å². The predicted octanol–water partition coefficient (Wildman–Crippen LogP) is 3.79. The first-order valence-electron chi connectivity index (χ1n) is 6.81. The smallest absolute Gasteiger partial charge is 0.257 e. The first-order chi connectivity index (χ1) is 10.2. The third kappa shape index (κ3) is 3.13. The molecule has 1 aliphatic carbocycles. The third-order valence-electron chi connectivity index (χ3n) is 3.49. The summed E-state index contributed by atoms with van der Waals surface area (Å²) in [5, 5.41) is 0. The molecule has 3 rings (SSSR count). The zero-order valence-electron chi connectivity index (χ0n) is 11.3. The van der Waals surface area contributed by atoms with Crippen LogP contribution in [-0.2, 0) is 6.54 Å². The highest BCUT2D eigenvalue weighted by atomic mass is 79.9. The standard InChI is InChI=1S/C16H14BrFN2O/c17-14-6-3-5-13(15(14)18)16(21)20(12-7-8-12)10-11-4-1-2-9-19-11/h1-6,9,12H,7-8,10H2. The van der Waals surface area contributed by atoms with E-state index in [1.54, 1.807) is 23.2 Å². The van der Waals surface area contributed by atoms with E-state index in [1.807, 2.05) is 18.2 Å². The molecule has 0 N–H and O–H groups in total. The van der Waals surface area contributed by atoms with E-state index in [2.05, 4.69) is 20.9 Å². The Labute approximate surface area is 130 Å². The van der Waals surface area contributed by atoms with Crippen LogP contribution in [0.15, 0.2) is 47.1 Å². The molecule has 0 spiro atoms. The summed E-state index contributed by atoms with van der Waals surface area (Å²) >= 11 is 3.12. The number of nitrogens with zero attached hydrogens (tertiary/aromatic N) is 2. The summed E-state index contributed by atoms with van der Waals surface area (Å²) in [6.45, 7) is 0.413. The number of carbonyl (C=O) groups is 1. The number of pyridine rings is 1. The lowest BCUT2D eigenvalue weighted by atomic mass is 10.1. The van der Waals surface area contributed by atoms with Gasteiger partial charge in [-0.05, 0) is 53.0 Å². The van der Waals surface area contributed by atoms with Crippen LogP contribution in [0.3, 0.4) is 0 Å². The van der Waals surface area contributed by atoms with Crippen LogP contribution in [0.1, 0.15) is 28.9 Å². The number of aromatic nitrogens is 1. The van der Waals surface area contributed by atoms with Gasteiger partial charge in [0.25, 0.3) is 5.91 Å². The van der Waals surface area contributed by atoms with Gasteiger partial charge in [0.2, 0.25) is 0 Å². The monoisotopic (exact) mass is 348 g/mol. The van der Waals surface area contributed by atoms with E-state index in [9.17, 15) is 9.18 Å². The van der Waals surface area contributed by atoms with Crippen molar-refractivity contribution in [1.29, 1.82) is 0 Å².